The second kappa shape index (κ2) is 6.25. The minimum absolute atomic E-state index is 0.270. The number of nitrogens with zero attached hydrogens (tertiary/aromatic N) is 4. The average Bonchev–Trinajstić information content (AvgIpc) is 3.08. The molecule has 0 bridgehead atoms. The van der Waals surface area contributed by atoms with Gasteiger partial charge in [-0.1, -0.05) is 12.1 Å². The van der Waals surface area contributed by atoms with Crippen molar-refractivity contribution in [2.75, 3.05) is 5.32 Å². The second-order valence-corrected chi connectivity index (χ2v) is 5.68. The van der Waals surface area contributed by atoms with Crippen molar-refractivity contribution in [2.24, 2.45) is 0 Å². The van der Waals surface area contributed by atoms with E-state index in [0.29, 0.717) is 28.0 Å². The minimum Gasteiger partial charge on any atom is -0.320 e. The molecule has 4 rings (SSSR count). The Kier molecular flexibility index (Phi) is 3.77. The number of benzene rings is 1. The molecule has 0 atom stereocenters. The standard InChI is InChI=1S/C18H14N6O2/c1-11-6-7-12(8-19-11)17(25)23-14-4-2-3-5-15(14)24-16-13(9-22-24)18(26)21-10-20-16/h2-10H,1H3,(H,23,25)(H,20,21,26). The first-order valence-corrected chi connectivity index (χ1v) is 7.88. The molecule has 0 unspecified atom stereocenters. The van der Waals surface area contributed by atoms with Gasteiger partial charge in [0.1, 0.15) is 5.39 Å². The summed E-state index contributed by atoms with van der Waals surface area (Å²) in [6, 6.07) is 10.7. The minimum atomic E-state index is -0.285. The SMILES string of the molecule is Cc1ccc(C(=O)Nc2ccccc2-n2ncc3c(=O)[nH]cnc32)cn1. The van der Waals surface area contributed by atoms with E-state index in [0.717, 1.165) is 5.69 Å². The summed E-state index contributed by atoms with van der Waals surface area (Å²) < 4.78 is 1.52. The van der Waals surface area contributed by atoms with Crippen LogP contribution in [0.15, 0.2) is 59.9 Å². The molecular formula is C18H14N6O2. The van der Waals surface area contributed by atoms with Crippen molar-refractivity contribution in [3.05, 3.63) is 76.7 Å². The number of aromatic amines is 1. The van der Waals surface area contributed by atoms with Crippen LogP contribution < -0.4 is 10.9 Å². The van der Waals surface area contributed by atoms with Crippen LogP contribution in [0.3, 0.4) is 0 Å². The Labute approximate surface area is 147 Å². The normalized spacial score (nSPS) is 10.8. The van der Waals surface area contributed by atoms with Gasteiger partial charge in [0.05, 0.1) is 29.5 Å². The van der Waals surface area contributed by atoms with Gasteiger partial charge in [0.25, 0.3) is 11.5 Å². The molecular weight excluding hydrogens is 332 g/mol. The molecule has 0 fully saturated rings. The number of amides is 1. The third-order valence-corrected chi connectivity index (χ3v) is 3.92. The van der Waals surface area contributed by atoms with Crippen LogP contribution in [-0.2, 0) is 0 Å². The highest BCUT2D eigenvalue weighted by atomic mass is 16.1. The molecule has 8 nitrogen and oxygen atoms in total. The number of pyridine rings is 1. The molecule has 0 saturated carbocycles. The Morgan fingerprint density at radius 3 is 2.77 bits per heavy atom. The molecule has 4 aromatic rings. The predicted octanol–water partition coefficient (Wildman–Crippen LogP) is 2.06. The van der Waals surface area contributed by atoms with Gasteiger partial charge < -0.3 is 10.3 Å². The lowest BCUT2D eigenvalue weighted by Gasteiger charge is -2.11. The zero-order valence-corrected chi connectivity index (χ0v) is 13.8. The molecule has 3 aromatic heterocycles. The highest BCUT2D eigenvalue weighted by Crippen LogP contribution is 2.22. The Balaban J connectivity index is 1.75. The quantitative estimate of drug-likeness (QED) is 0.591. The van der Waals surface area contributed by atoms with Crippen molar-refractivity contribution in [1.29, 1.82) is 0 Å². The fourth-order valence-electron chi connectivity index (χ4n) is 2.59. The van der Waals surface area contributed by atoms with Crippen LogP contribution in [0.2, 0.25) is 0 Å². The zero-order valence-electron chi connectivity index (χ0n) is 13.8. The Hall–Kier alpha value is -3.81. The number of aromatic nitrogens is 5. The number of aryl methyl sites for hydroxylation is 1. The lowest BCUT2D eigenvalue weighted by Crippen LogP contribution is -2.14. The first-order chi connectivity index (χ1) is 12.6. The molecule has 0 spiro atoms. The molecule has 2 N–H and O–H groups in total. The smallest absolute Gasteiger partial charge is 0.261 e. The van der Waals surface area contributed by atoms with Crippen molar-refractivity contribution in [2.45, 2.75) is 6.92 Å². The summed E-state index contributed by atoms with van der Waals surface area (Å²) in [5.41, 5.74) is 2.58. The van der Waals surface area contributed by atoms with E-state index in [4.69, 9.17) is 0 Å². The summed E-state index contributed by atoms with van der Waals surface area (Å²) in [6.07, 6.45) is 4.29. The van der Waals surface area contributed by atoms with E-state index in [1.54, 1.807) is 30.3 Å². The second-order valence-electron chi connectivity index (χ2n) is 5.68. The highest BCUT2D eigenvalue weighted by molar-refractivity contribution is 6.05. The Morgan fingerprint density at radius 1 is 1.12 bits per heavy atom. The molecule has 0 aliphatic carbocycles. The van der Waals surface area contributed by atoms with Gasteiger partial charge in [-0.3, -0.25) is 14.6 Å². The average molecular weight is 346 g/mol. The summed E-state index contributed by atoms with van der Waals surface area (Å²) in [6.45, 7) is 1.86. The third-order valence-electron chi connectivity index (χ3n) is 3.92. The first-order valence-electron chi connectivity index (χ1n) is 7.88. The number of para-hydroxylation sites is 2. The van der Waals surface area contributed by atoms with Crippen LogP contribution in [0.5, 0.6) is 0 Å². The molecule has 1 amide bonds. The van der Waals surface area contributed by atoms with Gasteiger partial charge in [-0.2, -0.15) is 5.10 Å². The molecule has 3 heterocycles. The van der Waals surface area contributed by atoms with Crippen molar-refractivity contribution in [1.82, 2.24) is 24.7 Å². The molecule has 8 heteroatoms. The summed E-state index contributed by atoms with van der Waals surface area (Å²) >= 11 is 0. The van der Waals surface area contributed by atoms with Crippen LogP contribution in [-0.4, -0.2) is 30.6 Å². The van der Waals surface area contributed by atoms with Crippen LogP contribution >= 0.6 is 0 Å². The molecule has 0 radical (unpaired) electrons. The van der Waals surface area contributed by atoms with Gasteiger partial charge in [0.2, 0.25) is 0 Å². The number of H-pyrrole nitrogens is 1. The summed E-state index contributed by atoms with van der Waals surface area (Å²) in [7, 11) is 0. The number of hydrogen-bond acceptors (Lipinski definition) is 5. The van der Waals surface area contributed by atoms with E-state index in [-0.39, 0.29) is 11.5 Å². The Morgan fingerprint density at radius 2 is 1.96 bits per heavy atom. The van der Waals surface area contributed by atoms with Gasteiger partial charge in [-0.25, -0.2) is 9.67 Å². The maximum Gasteiger partial charge on any atom is 0.261 e. The van der Waals surface area contributed by atoms with E-state index in [9.17, 15) is 9.59 Å². The summed E-state index contributed by atoms with van der Waals surface area (Å²) in [4.78, 5) is 35.2. The molecule has 0 saturated heterocycles. The van der Waals surface area contributed by atoms with Gasteiger partial charge in [-0.05, 0) is 31.2 Å². The fraction of sp³-hybridized carbons (Fsp3) is 0.0556. The monoisotopic (exact) mass is 346 g/mol. The van der Waals surface area contributed by atoms with Crippen LogP contribution in [0, 0.1) is 6.92 Å². The number of carbonyl (C=O) groups excluding carboxylic acids is 1. The van der Waals surface area contributed by atoms with Gasteiger partial charge in [0, 0.05) is 11.9 Å². The number of hydrogen-bond donors (Lipinski definition) is 2. The lowest BCUT2D eigenvalue weighted by atomic mass is 10.2. The topological polar surface area (TPSA) is 106 Å². The Bertz CT molecular complexity index is 1160. The maximum atomic E-state index is 12.5. The van der Waals surface area contributed by atoms with Gasteiger partial charge >= 0.3 is 0 Å². The predicted molar refractivity (Wildman–Crippen MR) is 96.4 cm³/mol. The number of carbonyl (C=O) groups is 1. The summed E-state index contributed by atoms with van der Waals surface area (Å²) in [5, 5.41) is 7.48. The number of nitrogens with one attached hydrogen (secondary N) is 2. The maximum absolute atomic E-state index is 12.5. The zero-order chi connectivity index (χ0) is 18.1. The molecule has 1 aromatic carbocycles. The largest absolute Gasteiger partial charge is 0.320 e. The van der Waals surface area contributed by atoms with Crippen molar-refractivity contribution in [3.8, 4) is 5.69 Å². The third kappa shape index (κ3) is 2.73. The van der Waals surface area contributed by atoms with Gasteiger partial charge in [-0.15, -0.1) is 0 Å². The first kappa shape index (κ1) is 15.7. The van der Waals surface area contributed by atoms with Gasteiger partial charge in [0.15, 0.2) is 5.65 Å². The van der Waals surface area contributed by atoms with E-state index in [2.05, 4.69) is 25.4 Å². The molecule has 128 valence electrons. The van der Waals surface area contributed by atoms with Crippen LogP contribution in [0.25, 0.3) is 16.7 Å². The number of rotatable bonds is 3. The molecule has 0 aliphatic heterocycles. The lowest BCUT2D eigenvalue weighted by molar-refractivity contribution is 0.102. The van der Waals surface area contributed by atoms with Crippen molar-refractivity contribution >= 4 is 22.6 Å². The van der Waals surface area contributed by atoms with E-state index >= 15 is 0 Å². The van der Waals surface area contributed by atoms with Crippen LogP contribution in [0.4, 0.5) is 5.69 Å². The molecule has 0 aliphatic rings. The molecule has 26 heavy (non-hydrogen) atoms. The van der Waals surface area contributed by atoms with E-state index < -0.39 is 0 Å². The highest BCUT2D eigenvalue weighted by Gasteiger charge is 2.14. The van der Waals surface area contributed by atoms with Crippen molar-refractivity contribution < 1.29 is 4.79 Å². The summed E-state index contributed by atoms with van der Waals surface area (Å²) in [5.74, 6) is -0.285. The van der Waals surface area contributed by atoms with E-state index in [1.807, 2.05) is 13.0 Å². The van der Waals surface area contributed by atoms with Crippen molar-refractivity contribution in [3.63, 3.8) is 0 Å². The number of anilines is 1. The van der Waals surface area contributed by atoms with E-state index in [1.165, 1.54) is 23.4 Å². The fourth-order valence-corrected chi connectivity index (χ4v) is 2.59. The van der Waals surface area contributed by atoms with Crippen LogP contribution in [0.1, 0.15) is 16.1 Å². The number of fused-ring (bicyclic) bond motifs is 1.